The molecule has 21 heavy (non-hydrogen) atoms. The van der Waals surface area contributed by atoms with Crippen molar-refractivity contribution in [2.24, 2.45) is 0 Å². The molecule has 1 fully saturated rings. The minimum atomic E-state index is -3.54. The fourth-order valence-electron chi connectivity index (χ4n) is 2.50. The van der Waals surface area contributed by atoms with Gasteiger partial charge in [0.2, 0.25) is 10.0 Å². The highest BCUT2D eigenvalue weighted by molar-refractivity contribution is 7.89. The number of hydrogen-bond acceptors (Lipinski definition) is 4. The molecule has 1 aromatic heterocycles. The number of nitrogens with two attached hydrogens (primary N) is 1. The minimum Gasteiger partial charge on any atom is -0.399 e. The average molecular weight is 309 g/mol. The summed E-state index contributed by atoms with van der Waals surface area (Å²) < 4.78 is 32.4. The molecule has 1 aliphatic carbocycles. The summed E-state index contributed by atoms with van der Waals surface area (Å²) in [6.07, 6.45) is 3.36. The SMILES string of the molecule is COCCN(C1CC1)S(=O)(=O)c1c[nH]c2ccc(N)cc12. The Bertz CT molecular complexity index is 750. The molecule has 0 aliphatic heterocycles. The number of anilines is 1. The summed E-state index contributed by atoms with van der Waals surface area (Å²) in [4.78, 5) is 3.28. The van der Waals surface area contributed by atoms with E-state index in [0.717, 1.165) is 18.4 Å². The largest absolute Gasteiger partial charge is 0.399 e. The van der Waals surface area contributed by atoms with E-state index in [-0.39, 0.29) is 10.9 Å². The van der Waals surface area contributed by atoms with Gasteiger partial charge in [0.15, 0.2) is 0 Å². The molecule has 1 aliphatic rings. The van der Waals surface area contributed by atoms with Crippen molar-refractivity contribution in [3.63, 3.8) is 0 Å². The lowest BCUT2D eigenvalue weighted by molar-refractivity contribution is 0.177. The molecule has 7 heteroatoms. The molecule has 1 aromatic carbocycles. The Morgan fingerprint density at radius 1 is 1.43 bits per heavy atom. The lowest BCUT2D eigenvalue weighted by Crippen LogP contribution is -2.35. The number of benzene rings is 1. The molecule has 0 radical (unpaired) electrons. The maximum atomic E-state index is 12.9. The maximum absolute atomic E-state index is 12.9. The lowest BCUT2D eigenvalue weighted by Gasteiger charge is -2.21. The van der Waals surface area contributed by atoms with Gasteiger partial charge < -0.3 is 15.5 Å². The molecular weight excluding hydrogens is 290 g/mol. The fourth-order valence-corrected chi connectivity index (χ4v) is 4.32. The first-order valence-corrected chi connectivity index (χ1v) is 8.35. The second-order valence-corrected chi connectivity index (χ2v) is 7.16. The molecule has 0 unspecified atom stereocenters. The molecule has 0 saturated heterocycles. The van der Waals surface area contributed by atoms with Gasteiger partial charge in [0.1, 0.15) is 4.90 Å². The Morgan fingerprint density at radius 3 is 2.86 bits per heavy atom. The molecule has 0 spiro atoms. The van der Waals surface area contributed by atoms with Gasteiger partial charge in [-0.3, -0.25) is 0 Å². The minimum absolute atomic E-state index is 0.0937. The number of ether oxygens (including phenoxy) is 1. The van der Waals surface area contributed by atoms with Crippen LogP contribution in [0.4, 0.5) is 5.69 Å². The van der Waals surface area contributed by atoms with Crippen LogP contribution in [0.3, 0.4) is 0 Å². The van der Waals surface area contributed by atoms with Crippen molar-refractivity contribution in [2.45, 2.75) is 23.8 Å². The zero-order valence-corrected chi connectivity index (χ0v) is 12.7. The predicted molar refractivity (Wildman–Crippen MR) is 81.5 cm³/mol. The average Bonchev–Trinajstić information content (AvgIpc) is 3.17. The molecule has 1 saturated carbocycles. The first-order valence-electron chi connectivity index (χ1n) is 6.91. The first kappa shape index (κ1) is 14.4. The van der Waals surface area contributed by atoms with E-state index in [0.29, 0.717) is 24.2 Å². The van der Waals surface area contributed by atoms with Crippen LogP contribution in [-0.4, -0.2) is 44.0 Å². The predicted octanol–water partition coefficient (Wildman–Crippen LogP) is 1.55. The van der Waals surface area contributed by atoms with Crippen LogP contribution in [0, 0.1) is 0 Å². The van der Waals surface area contributed by atoms with E-state index in [1.807, 2.05) is 0 Å². The number of aromatic amines is 1. The van der Waals surface area contributed by atoms with Crippen LogP contribution in [-0.2, 0) is 14.8 Å². The highest BCUT2D eigenvalue weighted by Crippen LogP contribution is 2.34. The third-order valence-corrected chi connectivity index (χ3v) is 5.72. The summed E-state index contributed by atoms with van der Waals surface area (Å²) in [6, 6.07) is 5.33. The van der Waals surface area contributed by atoms with Crippen molar-refractivity contribution in [1.29, 1.82) is 0 Å². The number of nitrogen functional groups attached to an aromatic ring is 1. The van der Waals surface area contributed by atoms with Gasteiger partial charge in [-0.2, -0.15) is 4.31 Å². The number of aromatic nitrogens is 1. The van der Waals surface area contributed by atoms with Crippen LogP contribution in [0.15, 0.2) is 29.3 Å². The van der Waals surface area contributed by atoms with Crippen LogP contribution in [0.2, 0.25) is 0 Å². The van der Waals surface area contributed by atoms with Gasteiger partial charge in [0, 0.05) is 42.5 Å². The summed E-state index contributed by atoms with van der Waals surface area (Å²) in [5, 5.41) is 0.637. The molecule has 0 amide bonds. The molecule has 1 heterocycles. The number of fused-ring (bicyclic) bond motifs is 1. The molecule has 3 N–H and O–H groups in total. The van der Waals surface area contributed by atoms with Crippen LogP contribution < -0.4 is 5.73 Å². The smallest absolute Gasteiger partial charge is 0.245 e. The Balaban J connectivity index is 2.04. The zero-order chi connectivity index (χ0) is 15.0. The standard InChI is InChI=1S/C14H19N3O3S/c1-20-7-6-17(11-3-4-11)21(18,19)14-9-16-13-5-2-10(15)8-12(13)14/h2,5,8-9,11,16H,3-4,6-7,15H2,1H3. The molecule has 3 rings (SSSR count). The first-order chi connectivity index (χ1) is 10.0. The summed E-state index contributed by atoms with van der Waals surface area (Å²) in [6.45, 7) is 0.763. The van der Waals surface area contributed by atoms with Crippen molar-refractivity contribution in [3.8, 4) is 0 Å². The number of sulfonamides is 1. The molecule has 2 aromatic rings. The molecule has 114 valence electrons. The van der Waals surface area contributed by atoms with Gasteiger partial charge >= 0.3 is 0 Å². The topological polar surface area (TPSA) is 88.4 Å². The van der Waals surface area contributed by atoms with Gasteiger partial charge in [0.25, 0.3) is 0 Å². The van der Waals surface area contributed by atoms with Crippen molar-refractivity contribution >= 4 is 26.6 Å². The number of methoxy groups -OCH3 is 1. The fraction of sp³-hybridized carbons (Fsp3) is 0.429. The van der Waals surface area contributed by atoms with E-state index in [1.165, 1.54) is 0 Å². The summed E-state index contributed by atoms with van der Waals surface area (Å²) >= 11 is 0. The number of H-pyrrole nitrogens is 1. The lowest BCUT2D eigenvalue weighted by atomic mass is 10.2. The van der Waals surface area contributed by atoms with E-state index < -0.39 is 10.0 Å². The summed E-state index contributed by atoms with van der Waals surface area (Å²) in [7, 11) is -1.97. The van der Waals surface area contributed by atoms with E-state index in [1.54, 1.807) is 35.8 Å². The quantitative estimate of drug-likeness (QED) is 0.792. The Kier molecular flexibility index (Phi) is 3.64. The monoisotopic (exact) mass is 309 g/mol. The van der Waals surface area contributed by atoms with E-state index in [2.05, 4.69) is 4.98 Å². The van der Waals surface area contributed by atoms with Gasteiger partial charge in [-0.05, 0) is 31.0 Å². The summed E-state index contributed by atoms with van der Waals surface area (Å²) in [5.41, 5.74) is 7.10. The number of nitrogens with zero attached hydrogens (tertiary/aromatic N) is 1. The van der Waals surface area contributed by atoms with Gasteiger partial charge in [0.05, 0.1) is 6.61 Å². The second-order valence-electron chi connectivity index (χ2n) is 5.30. The van der Waals surface area contributed by atoms with Gasteiger partial charge in [-0.15, -0.1) is 0 Å². The Hall–Kier alpha value is -1.57. The van der Waals surface area contributed by atoms with E-state index in [4.69, 9.17) is 10.5 Å². The third-order valence-electron chi connectivity index (χ3n) is 3.72. The Labute approximate surface area is 123 Å². The zero-order valence-electron chi connectivity index (χ0n) is 11.9. The van der Waals surface area contributed by atoms with Gasteiger partial charge in [-0.25, -0.2) is 8.42 Å². The van der Waals surface area contributed by atoms with Crippen LogP contribution in [0.25, 0.3) is 10.9 Å². The maximum Gasteiger partial charge on any atom is 0.245 e. The normalized spacial score (nSPS) is 15.9. The van der Waals surface area contributed by atoms with Crippen LogP contribution >= 0.6 is 0 Å². The third kappa shape index (κ3) is 2.64. The van der Waals surface area contributed by atoms with E-state index >= 15 is 0 Å². The van der Waals surface area contributed by atoms with Crippen LogP contribution in [0.1, 0.15) is 12.8 Å². The van der Waals surface area contributed by atoms with Crippen LogP contribution in [0.5, 0.6) is 0 Å². The molecule has 0 bridgehead atoms. The Morgan fingerprint density at radius 2 is 2.19 bits per heavy atom. The van der Waals surface area contributed by atoms with Crippen molar-refractivity contribution < 1.29 is 13.2 Å². The molecular formula is C14H19N3O3S. The van der Waals surface area contributed by atoms with Crippen molar-refractivity contribution in [3.05, 3.63) is 24.4 Å². The van der Waals surface area contributed by atoms with E-state index in [9.17, 15) is 8.42 Å². The van der Waals surface area contributed by atoms with Crippen molar-refractivity contribution in [2.75, 3.05) is 26.0 Å². The second kappa shape index (κ2) is 5.32. The number of hydrogen-bond donors (Lipinski definition) is 2. The molecule has 6 nitrogen and oxygen atoms in total. The highest BCUT2D eigenvalue weighted by atomic mass is 32.2. The number of rotatable bonds is 6. The van der Waals surface area contributed by atoms with Crippen molar-refractivity contribution in [1.82, 2.24) is 9.29 Å². The highest BCUT2D eigenvalue weighted by Gasteiger charge is 2.38. The summed E-state index contributed by atoms with van der Waals surface area (Å²) in [5.74, 6) is 0. The van der Waals surface area contributed by atoms with Gasteiger partial charge in [-0.1, -0.05) is 0 Å². The number of nitrogens with one attached hydrogen (secondary N) is 1. The molecule has 0 atom stereocenters.